The van der Waals surface area contributed by atoms with Crippen molar-refractivity contribution in [1.29, 1.82) is 0 Å². The Morgan fingerprint density at radius 1 is 0.804 bits per heavy atom. The monoisotopic (exact) mass is 709 g/mol. The molecule has 1 N–H and O–H groups in total. The Bertz CT molecular complexity index is 1380. The number of nitrogens with zero attached hydrogens (tertiary/aromatic N) is 2. The second-order valence-corrected chi connectivity index (χ2v) is 20.9. The van der Waals surface area contributed by atoms with Crippen molar-refractivity contribution in [3.05, 3.63) is 12.2 Å². The van der Waals surface area contributed by atoms with Crippen LogP contribution in [0.1, 0.15) is 146 Å². The number of aliphatic carboxylic acids is 1. The molecule has 1 saturated heterocycles. The number of carboxylic acid groups (broad SMARTS) is 1. The van der Waals surface area contributed by atoms with Crippen LogP contribution in [-0.4, -0.2) is 71.6 Å². The molecule has 5 saturated carbocycles. The second kappa shape index (κ2) is 13.4. The van der Waals surface area contributed by atoms with Crippen molar-refractivity contribution < 1.29 is 24.2 Å². The van der Waals surface area contributed by atoms with Crippen LogP contribution in [0, 0.1) is 62.1 Å². The topological polar surface area (TPSA) is 87.2 Å². The highest BCUT2D eigenvalue weighted by molar-refractivity contribution is 5.73. The molecule has 7 nitrogen and oxygen atoms in total. The summed E-state index contributed by atoms with van der Waals surface area (Å²) in [5.41, 5.74) is 1.83. The first kappa shape index (κ1) is 38.8. The van der Waals surface area contributed by atoms with Crippen LogP contribution >= 0.6 is 0 Å². The van der Waals surface area contributed by atoms with Crippen LogP contribution in [0.25, 0.3) is 0 Å². The van der Waals surface area contributed by atoms with Gasteiger partial charge in [0.15, 0.2) is 0 Å². The van der Waals surface area contributed by atoms with E-state index in [0.29, 0.717) is 34.5 Å². The number of carbonyl (C=O) groups is 3. The van der Waals surface area contributed by atoms with Crippen LogP contribution in [0.15, 0.2) is 12.2 Å². The molecule has 7 heteroatoms. The zero-order valence-corrected chi connectivity index (χ0v) is 33.9. The summed E-state index contributed by atoms with van der Waals surface area (Å²) >= 11 is 0. The summed E-state index contributed by atoms with van der Waals surface area (Å²) < 4.78 is 6.30. The highest BCUT2D eigenvalue weighted by Gasteiger charge is 2.71. The van der Waals surface area contributed by atoms with E-state index in [1.807, 2.05) is 18.7 Å². The third-order valence-electron chi connectivity index (χ3n) is 17.4. The van der Waals surface area contributed by atoms with Crippen molar-refractivity contribution in [2.75, 3.05) is 32.7 Å². The van der Waals surface area contributed by atoms with E-state index in [4.69, 9.17) is 4.74 Å². The van der Waals surface area contributed by atoms with E-state index in [2.05, 4.69) is 53.0 Å². The number of carbonyl (C=O) groups excluding carboxylic acids is 2. The maximum atomic E-state index is 13.2. The van der Waals surface area contributed by atoms with Gasteiger partial charge in [-0.1, -0.05) is 60.6 Å². The molecule has 1 heterocycles. The Balaban J connectivity index is 1.20. The predicted molar refractivity (Wildman–Crippen MR) is 203 cm³/mol. The fraction of sp³-hybridized carbons (Fsp3) is 0.886. The number of piperazine rings is 1. The highest BCUT2D eigenvalue weighted by atomic mass is 16.5. The van der Waals surface area contributed by atoms with Gasteiger partial charge in [0, 0.05) is 38.5 Å². The Morgan fingerprint density at radius 2 is 1.49 bits per heavy atom. The third kappa shape index (κ3) is 6.53. The molecular formula is C44H72N2O5. The number of amides is 1. The minimum Gasteiger partial charge on any atom is -0.481 e. The molecule has 51 heavy (non-hydrogen) atoms. The third-order valence-corrected chi connectivity index (χ3v) is 17.4. The average Bonchev–Trinajstić information content (AvgIpc) is 3.41. The van der Waals surface area contributed by atoms with E-state index in [9.17, 15) is 19.5 Å². The van der Waals surface area contributed by atoms with Crippen molar-refractivity contribution >= 4 is 17.8 Å². The van der Waals surface area contributed by atoms with Crippen LogP contribution in [0.5, 0.6) is 0 Å². The van der Waals surface area contributed by atoms with Crippen molar-refractivity contribution in [3.8, 4) is 0 Å². The fourth-order valence-corrected chi connectivity index (χ4v) is 14.6. The quantitative estimate of drug-likeness (QED) is 0.190. The van der Waals surface area contributed by atoms with Crippen LogP contribution in [0.4, 0.5) is 0 Å². The lowest BCUT2D eigenvalue weighted by Crippen LogP contribution is -2.66. The molecule has 10 atom stereocenters. The number of hydrogen-bond acceptors (Lipinski definition) is 5. The van der Waals surface area contributed by atoms with Gasteiger partial charge in [0.2, 0.25) is 5.91 Å². The molecule has 1 aliphatic heterocycles. The lowest BCUT2D eigenvalue weighted by atomic mass is 9.32. The summed E-state index contributed by atoms with van der Waals surface area (Å²) in [5.74, 6) is 2.31. The van der Waals surface area contributed by atoms with Gasteiger partial charge >= 0.3 is 11.9 Å². The molecule has 0 aromatic carbocycles. The number of ether oxygens (including phenoxy) is 1. The molecule has 0 bridgehead atoms. The van der Waals surface area contributed by atoms with Crippen molar-refractivity contribution in [1.82, 2.24) is 9.80 Å². The van der Waals surface area contributed by atoms with Crippen molar-refractivity contribution in [3.63, 3.8) is 0 Å². The summed E-state index contributed by atoms with van der Waals surface area (Å²) in [4.78, 5) is 41.3. The van der Waals surface area contributed by atoms with E-state index < -0.39 is 11.4 Å². The standard InChI is InChI=1S/C44H72N2O5/c1-29(2)31-13-18-44(21-22-45-23-25-46(26-24-45)30(3)47)20-19-42(9)32(38(31)44)11-12-34-41(8)16-15-35(40(6,7)33(41)14-17-43(34,42)10)51-37(50)28-39(4,5)27-36(48)49/h31-35,38H,1,11-28H2,2-10H3,(H,48,49)/t31-,32+,33-,34+,35-,38+,41-,42+,43+,44+/m0/s1. The molecule has 288 valence electrons. The molecular weight excluding hydrogens is 636 g/mol. The summed E-state index contributed by atoms with van der Waals surface area (Å²) in [6.45, 7) is 30.0. The normalized spacial score (nSPS) is 42.2. The Morgan fingerprint density at radius 3 is 2.12 bits per heavy atom. The summed E-state index contributed by atoms with van der Waals surface area (Å²) in [6.07, 6.45) is 13.6. The molecule has 5 aliphatic carbocycles. The minimum absolute atomic E-state index is 0.0362. The van der Waals surface area contributed by atoms with Gasteiger partial charge in [-0.15, -0.1) is 0 Å². The zero-order chi connectivity index (χ0) is 37.4. The first-order valence-electron chi connectivity index (χ1n) is 20.7. The number of rotatable bonds is 9. The molecule has 6 fully saturated rings. The smallest absolute Gasteiger partial charge is 0.306 e. The van der Waals surface area contributed by atoms with Crippen molar-refractivity contribution in [2.45, 2.75) is 152 Å². The molecule has 0 aromatic rings. The number of esters is 1. The molecule has 6 aliphatic rings. The van der Waals surface area contributed by atoms with Gasteiger partial charge in [-0.05, 0) is 141 Å². The number of allylic oxidation sites excluding steroid dienone is 1. The SMILES string of the molecule is C=C(C)[C@@H]1CC[C@]2(CCN3CCN(C(C)=O)CC3)CC[C@]3(C)[C@H](CC[C@@H]4[C@@]5(C)CC[C@H](OC(=O)CC(C)(C)CC(=O)O)C(C)(C)[C@@H]5CC[C@]43C)[C@@H]12. The van der Waals surface area contributed by atoms with Gasteiger partial charge in [0.25, 0.3) is 0 Å². The fourth-order valence-electron chi connectivity index (χ4n) is 14.6. The van der Waals surface area contributed by atoms with Gasteiger partial charge in [0.05, 0.1) is 12.8 Å². The first-order valence-corrected chi connectivity index (χ1v) is 20.7. The lowest BCUT2D eigenvalue weighted by molar-refractivity contribution is -0.250. The predicted octanol–water partition coefficient (Wildman–Crippen LogP) is 9.00. The summed E-state index contributed by atoms with van der Waals surface area (Å²) in [7, 11) is 0. The highest BCUT2D eigenvalue weighted by Crippen LogP contribution is 2.78. The first-order chi connectivity index (χ1) is 23.7. The summed E-state index contributed by atoms with van der Waals surface area (Å²) in [5, 5.41) is 9.35. The molecule has 0 radical (unpaired) electrons. The number of fused-ring (bicyclic) bond motifs is 7. The summed E-state index contributed by atoms with van der Waals surface area (Å²) in [6, 6.07) is 0. The minimum atomic E-state index is -0.873. The Labute approximate surface area is 310 Å². The molecule has 1 amide bonds. The van der Waals surface area contributed by atoms with Crippen molar-refractivity contribution in [2.24, 2.45) is 62.1 Å². The molecule has 0 spiro atoms. The van der Waals surface area contributed by atoms with Crippen LogP contribution in [0.3, 0.4) is 0 Å². The van der Waals surface area contributed by atoms with Gasteiger partial charge in [-0.2, -0.15) is 0 Å². The van der Waals surface area contributed by atoms with Gasteiger partial charge in [-0.3, -0.25) is 19.3 Å². The van der Waals surface area contributed by atoms with Crippen LogP contribution in [-0.2, 0) is 19.1 Å². The van der Waals surface area contributed by atoms with E-state index in [0.717, 1.165) is 51.5 Å². The van der Waals surface area contributed by atoms with Gasteiger partial charge < -0.3 is 14.7 Å². The largest absolute Gasteiger partial charge is 0.481 e. The van der Waals surface area contributed by atoms with E-state index in [1.54, 1.807) is 6.92 Å². The second-order valence-electron chi connectivity index (χ2n) is 20.9. The number of hydrogen-bond donors (Lipinski definition) is 1. The van der Waals surface area contributed by atoms with Gasteiger partial charge in [0.1, 0.15) is 6.10 Å². The number of carboxylic acids is 1. The lowest BCUT2D eigenvalue weighted by Gasteiger charge is -2.73. The van der Waals surface area contributed by atoms with Gasteiger partial charge in [-0.25, -0.2) is 0 Å². The Kier molecular flexibility index (Phi) is 10.2. The Hall–Kier alpha value is -1.89. The zero-order valence-electron chi connectivity index (χ0n) is 33.9. The van der Waals surface area contributed by atoms with E-state index >= 15 is 0 Å². The maximum Gasteiger partial charge on any atom is 0.306 e. The molecule has 0 aromatic heterocycles. The van der Waals surface area contributed by atoms with Crippen LogP contribution in [0.2, 0.25) is 0 Å². The average molecular weight is 709 g/mol. The molecule has 0 unspecified atom stereocenters. The van der Waals surface area contributed by atoms with E-state index in [1.165, 1.54) is 63.4 Å². The van der Waals surface area contributed by atoms with E-state index in [-0.39, 0.29) is 47.1 Å². The maximum absolute atomic E-state index is 13.2. The molecule has 6 rings (SSSR count). The van der Waals surface area contributed by atoms with Crippen LogP contribution < -0.4 is 0 Å².